The lowest BCUT2D eigenvalue weighted by Gasteiger charge is -2.44. The van der Waals surface area contributed by atoms with E-state index in [0.717, 1.165) is 32.2 Å². The molecule has 1 aliphatic rings. The molecule has 0 aromatic carbocycles. The number of alkyl halides is 3. The lowest BCUT2D eigenvalue weighted by Crippen LogP contribution is -2.47. The van der Waals surface area contributed by atoms with Gasteiger partial charge >= 0.3 is 6.18 Å². The molecule has 0 spiro atoms. The molecule has 0 atom stereocenters. The van der Waals surface area contributed by atoms with Crippen molar-refractivity contribution in [1.29, 1.82) is 0 Å². The third kappa shape index (κ3) is 6.55. The molecule has 1 saturated carbocycles. The minimum atomic E-state index is -4.14. The van der Waals surface area contributed by atoms with E-state index in [0.29, 0.717) is 12.5 Å². The Bertz CT molecular complexity index is 296. The average Bonchev–Trinajstić information content (AvgIpc) is 2.34. The van der Waals surface area contributed by atoms with Crippen LogP contribution in [0, 0.1) is 11.3 Å². The summed E-state index contributed by atoms with van der Waals surface area (Å²) in [6.07, 6.45) is -1.24. The van der Waals surface area contributed by atoms with E-state index < -0.39 is 18.2 Å². The van der Waals surface area contributed by atoms with E-state index in [1.165, 1.54) is 0 Å². The molecule has 2 nitrogen and oxygen atoms in total. The van der Waals surface area contributed by atoms with Gasteiger partial charge in [0.2, 0.25) is 0 Å². The lowest BCUT2D eigenvalue weighted by molar-refractivity contribution is -0.164. The molecule has 0 radical (unpaired) electrons. The highest BCUT2D eigenvalue weighted by Gasteiger charge is 2.40. The first-order valence-corrected chi connectivity index (χ1v) is 7.99. The van der Waals surface area contributed by atoms with Crippen molar-refractivity contribution in [2.75, 3.05) is 19.7 Å². The summed E-state index contributed by atoms with van der Waals surface area (Å²) in [6.45, 7) is 9.95. The SMILES string of the molecule is CCNCC1(OCCC(F)(F)F)CCC(C(C)(C)C)CC1. The monoisotopic (exact) mass is 309 g/mol. The maximum atomic E-state index is 12.3. The van der Waals surface area contributed by atoms with Crippen molar-refractivity contribution < 1.29 is 17.9 Å². The van der Waals surface area contributed by atoms with Crippen LogP contribution < -0.4 is 5.32 Å². The molecule has 5 heteroatoms. The van der Waals surface area contributed by atoms with Gasteiger partial charge in [-0.25, -0.2) is 0 Å². The van der Waals surface area contributed by atoms with Crippen molar-refractivity contribution in [3.05, 3.63) is 0 Å². The van der Waals surface area contributed by atoms with Crippen molar-refractivity contribution >= 4 is 0 Å². The predicted molar refractivity (Wildman–Crippen MR) is 79.3 cm³/mol. The minimum absolute atomic E-state index is 0.227. The minimum Gasteiger partial charge on any atom is -0.373 e. The molecule has 1 rings (SSSR count). The number of likely N-dealkylation sites (N-methyl/N-ethyl adjacent to an activating group) is 1. The van der Waals surface area contributed by atoms with Crippen molar-refractivity contribution in [3.63, 3.8) is 0 Å². The molecular formula is C16H30F3NO. The lowest BCUT2D eigenvalue weighted by atomic mass is 9.68. The summed E-state index contributed by atoms with van der Waals surface area (Å²) in [4.78, 5) is 0. The zero-order chi connectivity index (χ0) is 16.1. The first-order chi connectivity index (χ1) is 9.58. The summed E-state index contributed by atoms with van der Waals surface area (Å²) in [6, 6.07) is 0. The van der Waals surface area contributed by atoms with E-state index in [2.05, 4.69) is 26.1 Å². The quantitative estimate of drug-likeness (QED) is 0.778. The van der Waals surface area contributed by atoms with Crippen LogP contribution in [0.4, 0.5) is 13.2 Å². The van der Waals surface area contributed by atoms with Crippen LogP contribution in [0.2, 0.25) is 0 Å². The predicted octanol–water partition coefficient (Wildman–Crippen LogP) is 4.54. The van der Waals surface area contributed by atoms with Gasteiger partial charge in [-0.05, 0) is 43.6 Å². The van der Waals surface area contributed by atoms with Crippen LogP contribution in [0.5, 0.6) is 0 Å². The van der Waals surface area contributed by atoms with Gasteiger partial charge in [0.15, 0.2) is 0 Å². The van der Waals surface area contributed by atoms with Crippen LogP contribution in [0.1, 0.15) is 59.8 Å². The van der Waals surface area contributed by atoms with Crippen LogP contribution in [-0.2, 0) is 4.74 Å². The molecule has 1 aliphatic carbocycles. The Morgan fingerprint density at radius 2 is 1.71 bits per heavy atom. The third-order valence-electron chi connectivity index (χ3n) is 4.61. The van der Waals surface area contributed by atoms with E-state index in [4.69, 9.17) is 4.74 Å². The highest BCUT2D eigenvalue weighted by molar-refractivity contribution is 4.92. The molecule has 0 saturated heterocycles. The number of ether oxygens (including phenoxy) is 1. The van der Waals surface area contributed by atoms with Crippen molar-refractivity contribution in [3.8, 4) is 0 Å². The van der Waals surface area contributed by atoms with E-state index in [-0.39, 0.29) is 12.0 Å². The maximum absolute atomic E-state index is 12.3. The van der Waals surface area contributed by atoms with Crippen molar-refractivity contribution in [1.82, 2.24) is 5.32 Å². The highest BCUT2D eigenvalue weighted by atomic mass is 19.4. The fraction of sp³-hybridized carbons (Fsp3) is 1.00. The van der Waals surface area contributed by atoms with Gasteiger partial charge in [-0.3, -0.25) is 0 Å². The fourth-order valence-electron chi connectivity index (χ4n) is 3.12. The van der Waals surface area contributed by atoms with Gasteiger partial charge in [-0.2, -0.15) is 13.2 Å². The summed E-state index contributed by atoms with van der Waals surface area (Å²) in [7, 11) is 0. The molecular weight excluding hydrogens is 279 g/mol. The van der Waals surface area contributed by atoms with Gasteiger partial charge in [0.25, 0.3) is 0 Å². The Morgan fingerprint density at radius 3 is 2.14 bits per heavy atom. The maximum Gasteiger partial charge on any atom is 0.391 e. The molecule has 1 fully saturated rings. The van der Waals surface area contributed by atoms with Gasteiger partial charge in [-0.1, -0.05) is 27.7 Å². The number of hydrogen-bond donors (Lipinski definition) is 1. The van der Waals surface area contributed by atoms with Crippen LogP contribution in [0.15, 0.2) is 0 Å². The Balaban J connectivity index is 2.56. The number of nitrogens with one attached hydrogen (secondary N) is 1. The molecule has 126 valence electrons. The summed E-state index contributed by atoms with van der Waals surface area (Å²) >= 11 is 0. The zero-order valence-corrected chi connectivity index (χ0v) is 13.8. The summed E-state index contributed by atoms with van der Waals surface area (Å²) in [5, 5.41) is 3.25. The van der Waals surface area contributed by atoms with Gasteiger partial charge in [0, 0.05) is 6.54 Å². The number of rotatable bonds is 6. The molecule has 0 aromatic rings. The second-order valence-corrected chi connectivity index (χ2v) is 7.32. The molecule has 0 aliphatic heterocycles. The summed E-state index contributed by atoms with van der Waals surface area (Å²) < 4.78 is 42.7. The molecule has 0 unspecified atom stereocenters. The van der Waals surface area contributed by atoms with Gasteiger partial charge in [0.05, 0.1) is 18.6 Å². The standard InChI is InChI=1S/C16H30F3NO/c1-5-20-12-15(21-11-10-16(17,18)19)8-6-13(7-9-15)14(2,3)4/h13,20H,5-12H2,1-4H3. The van der Waals surface area contributed by atoms with Crippen LogP contribution in [-0.4, -0.2) is 31.5 Å². The van der Waals surface area contributed by atoms with Crippen molar-refractivity contribution in [2.45, 2.75) is 71.6 Å². The summed E-state index contributed by atoms with van der Waals surface area (Å²) in [5.41, 5.74) is -0.153. The van der Waals surface area contributed by atoms with E-state index in [9.17, 15) is 13.2 Å². The van der Waals surface area contributed by atoms with Crippen LogP contribution in [0.3, 0.4) is 0 Å². The highest BCUT2D eigenvalue weighted by Crippen LogP contribution is 2.42. The van der Waals surface area contributed by atoms with Crippen LogP contribution >= 0.6 is 0 Å². The fourth-order valence-corrected chi connectivity index (χ4v) is 3.12. The number of halogens is 3. The summed E-state index contributed by atoms with van der Waals surface area (Å²) in [5.74, 6) is 0.624. The Kier molecular flexibility index (Phi) is 6.54. The Morgan fingerprint density at radius 1 is 1.14 bits per heavy atom. The average molecular weight is 309 g/mol. The molecule has 0 heterocycles. The second kappa shape index (κ2) is 7.32. The molecule has 0 aromatic heterocycles. The van der Waals surface area contributed by atoms with E-state index >= 15 is 0 Å². The Hall–Kier alpha value is -0.290. The first-order valence-electron chi connectivity index (χ1n) is 7.99. The Labute approximate surface area is 126 Å². The van der Waals surface area contributed by atoms with Gasteiger partial charge < -0.3 is 10.1 Å². The van der Waals surface area contributed by atoms with E-state index in [1.807, 2.05) is 6.92 Å². The molecule has 0 bridgehead atoms. The van der Waals surface area contributed by atoms with Crippen LogP contribution in [0.25, 0.3) is 0 Å². The zero-order valence-electron chi connectivity index (χ0n) is 13.8. The molecule has 1 N–H and O–H groups in total. The smallest absolute Gasteiger partial charge is 0.373 e. The second-order valence-electron chi connectivity index (χ2n) is 7.32. The third-order valence-corrected chi connectivity index (χ3v) is 4.61. The van der Waals surface area contributed by atoms with E-state index in [1.54, 1.807) is 0 Å². The number of hydrogen-bond acceptors (Lipinski definition) is 2. The van der Waals surface area contributed by atoms with Gasteiger partial charge in [0.1, 0.15) is 0 Å². The first kappa shape index (κ1) is 18.8. The molecule has 0 amide bonds. The largest absolute Gasteiger partial charge is 0.391 e. The molecule has 21 heavy (non-hydrogen) atoms. The normalized spacial score (nSPS) is 27.9. The topological polar surface area (TPSA) is 21.3 Å². The van der Waals surface area contributed by atoms with Gasteiger partial charge in [-0.15, -0.1) is 0 Å². The van der Waals surface area contributed by atoms with Crippen molar-refractivity contribution in [2.24, 2.45) is 11.3 Å².